The van der Waals surface area contributed by atoms with E-state index in [1.165, 1.54) is 26.4 Å². The molecule has 1 heterocycles. The van der Waals surface area contributed by atoms with E-state index in [0.29, 0.717) is 19.3 Å². The number of esters is 2. The highest BCUT2D eigenvalue weighted by Crippen LogP contribution is 2.18. The fourth-order valence-corrected chi connectivity index (χ4v) is 5.55. The first-order valence-corrected chi connectivity index (χ1v) is 16.7. The van der Waals surface area contributed by atoms with Crippen LogP contribution in [0.5, 0.6) is 0 Å². The molecule has 2 aromatic carbocycles. The van der Waals surface area contributed by atoms with E-state index >= 15 is 0 Å². The highest BCUT2D eigenvalue weighted by atomic mass is 16.5. The summed E-state index contributed by atoms with van der Waals surface area (Å²) in [5.74, 6) is -2.36. The lowest BCUT2D eigenvalue weighted by molar-refractivity contribution is -0.145. The summed E-state index contributed by atoms with van der Waals surface area (Å²) in [7, 11) is 2.51. The molecule has 5 atom stereocenters. The van der Waals surface area contributed by atoms with Gasteiger partial charge in [0.2, 0.25) is 11.8 Å². The summed E-state index contributed by atoms with van der Waals surface area (Å²) in [5.41, 5.74) is 1.55. The third kappa shape index (κ3) is 13.1. The average Bonchev–Trinajstić information content (AvgIpc) is 3.62. The number of Topliss-reactive ketones (excluding diaryl/α,β-unsaturated/α-hetero) is 1. The average molecular weight is 693 g/mol. The van der Waals surface area contributed by atoms with E-state index < -0.39 is 60.1 Å². The Morgan fingerprint density at radius 2 is 1.44 bits per heavy atom. The van der Waals surface area contributed by atoms with Crippen LogP contribution in [0.2, 0.25) is 0 Å². The van der Waals surface area contributed by atoms with Crippen molar-refractivity contribution in [1.82, 2.24) is 21.3 Å². The number of carbonyl (C=O) groups is 6. The van der Waals surface area contributed by atoms with E-state index in [-0.39, 0.29) is 37.6 Å². The molecule has 0 saturated carbocycles. The fraction of sp³-hybridized carbons (Fsp3) is 0.459. The topological polar surface area (TPSA) is 178 Å². The van der Waals surface area contributed by atoms with Crippen LogP contribution in [-0.4, -0.2) is 80.1 Å². The second-order valence-electron chi connectivity index (χ2n) is 12.5. The van der Waals surface area contributed by atoms with E-state index in [2.05, 4.69) is 26.0 Å². The first-order chi connectivity index (χ1) is 24.0. The van der Waals surface area contributed by atoms with Crippen molar-refractivity contribution in [3.8, 4) is 0 Å². The van der Waals surface area contributed by atoms with E-state index in [1.807, 2.05) is 62.4 Å². The van der Waals surface area contributed by atoms with Crippen molar-refractivity contribution in [1.29, 1.82) is 0 Å². The van der Waals surface area contributed by atoms with E-state index in [4.69, 9.17) is 9.47 Å². The summed E-state index contributed by atoms with van der Waals surface area (Å²) in [6, 6.07) is 13.8. The molecule has 1 fully saturated rings. The molecule has 1 saturated heterocycles. The number of carbonyl (C=O) groups excluding carboxylic acids is 6. The number of hydrogen-bond donors (Lipinski definition) is 4. The van der Waals surface area contributed by atoms with Gasteiger partial charge < -0.3 is 30.2 Å². The number of hydrogen-bond acceptors (Lipinski definition) is 10. The molecule has 0 aliphatic carbocycles. The van der Waals surface area contributed by atoms with Crippen LogP contribution in [0.1, 0.15) is 57.1 Å². The van der Waals surface area contributed by atoms with E-state index in [1.54, 1.807) is 12.1 Å². The maximum atomic E-state index is 14.0. The maximum absolute atomic E-state index is 14.0. The second kappa shape index (κ2) is 20.5. The standard InChI is InChI=1S/C37H48N4O9/c1-24(2)21-31(36(46)49-4)40-35(45)29-20-19-27(38-29)33(43)30(22-25-13-7-5-8-14-25)39-34(44)28(17-11-12-18-32(42)48-3)41-37(47)50-23-26-15-9-6-10-16-26/h5-10,12-16,18,24,27-31,38H,11,17,19-23H2,1-4H3,(H,39,44)(H,40,45)(H,41,47)/b18-12+/t27?,28-,29-,30?,31-/m0/s1. The van der Waals surface area contributed by atoms with Crippen LogP contribution in [0, 0.1) is 5.92 Å². The van der Waals surface area contributed by atoms with Crippen LogP contribution in [0.3, 0.4) is 0 Å². The lowest BCUT2D eigenvalue weighted by Gasteiger charge is -2.25. The molecular formula is C37H48N4O9. The Morgan fingerprint density at radius 1 is 0.800 bits per heavy atom. The van der Waals surface area contributed by atoms with Gasteiger partial charge in [-0.3, -0.25) is 19.7 Å². The van der Waals surface area contributed by atoms with Crippen molar-refractivity contribution in [3.63, 3.8) is 0 Å². The van der Waals surface area contributed by atoms with Gasteiger partial charge in [-0.05, 0) is 55.6 Å². The Hall–Kier alpha value is -5.04. The van der Waals surface area contributed by atoms with Crippen LogP contribution in [0.4, 0.5) is 4.79 Å². The molecule has 2 aromatic rings. The summed E-state index contributed by atoms with van der Waals surface area (Å²) in [6.45, 7) is 3.84. The Bertz CT molecular complexity index is 1470. The predicted octanol–water partition coefficient (Wildman–Crippen LogP) is 2.91. The van der Waals surface area contributed by atoms with Gasteiger partial charge in [-0.2, -0.15) is 0 Å². The van der Waals surface area contributed by atoms with Crippen molar-refractivity contribution in [2.24, 2.45) is 5.92 Å². The summed E-state index contributed by atoms with van der Waals surface area (Å²) >= 11 is 0. The van der Waals surface area contributed by atoms with Gasteiger partial charge in [0, 0.05) is 6.08 Å². The highest BCUT2D eigenvalue weighted by molar-refractivity contribution is 5.96. The molecule has 0 spiro atoms. The Morgan fingerprint density at radius 3 is 2.06 bits per heavy atom. The number of nitrogens with one attached hydrogen (secondary N) is 4. The molecule has 13 nitrogen and oxygen atoms in total. The van der Waals surface area contributed by atoms with Crippen molar-refractivity contribution in [3.05, 3.63) is 83.9 Å². The highest BCUT2D eigenvalue weighted by Gasteiger charge is 2.38. The van der Waals surface area contributed by atoms with Crippen LogP contribution >= 0.6 is 0 Å². The van der Waals surface area contributed by atoms with Crippen LogP contribution < -0.4 is 21.3 Å². The molecule has 2 unspecified atom stereocenters. The van der Waals surface area contributed by atoms with Gasteiger partial charge in [0.25, 0.3) is 0 Å². The lowest BCUT2D eigenvalue weighted by atomic mass is 9.96. The smallest absolute Gasteiger partial charge is 0.408 e. The van der Waals surface area contributed by atoms with Crippen LogP contribution in [-0.2, 0) is 51.2 Å². The lowest BCUT2D eigenvalue weighted by Crippen LogP contribution is -2.56. The summed E-state index contributed by atoms with van der Waals surface area (Å²) in [5, 5.41) is 11.3. The molecule has 0 radical (unpaired) electrons. The SMILES string of the molecule is COC(=O)/C=C/CC[C@H](NC(=O)OCc1ccccc1)C(=O)NC(Cc1ccccc1)C(=O)C1CC[C@@H](C(=O)N[C@@H](CC(C)C)C(=O)OC)N1. The molecule has 0 aromatic heterocycles. The molecule has 13 heteroatoms. The first kappa shape index (κ1) is 39.4. The predicted molar refractivity (Wildman–Crippen MR) is 184 cm³/mol. The molecular weight excluding hydrogens is 644 g/mol. The Kier molecular flexibility index (Phi) is 16.1. The Labute approximate surface area is 292 Å². The van der Waals surface area contributed by atoms with Crippen molar-refractivity contribution in [2.45, 2.75) is 89.2 Å². The molecule has 4 N–H and O–H groups in total. The van der Waals surface area contributed by atoms with Gasteiger partial charge in [-0.25, -0.2) is 14.4 Å². The van der Waals surface area contributed by atoms with Gasteiger partial charge in [0.05, 0.1) is 32.3 Å². The molecule has 0 bridgehead atoms. The summed E-state index contributed by atoms with van der Waals surface area (Å²) < 4.78 is 14.8. The van der Waals surface area contributed by atoms with Gasteiger partial charge in [0.1, 0.15) is 18.7 Å². The third-order valence-corrected chi connectivity index (χ3v) is 8.16. The zero-order chi connectivity index (χ0) is 36.5. The van der Waals surface area contributed by atoms with Gasteiger partial charge in [-0.15, -0.1) is 0 Å². The number of ether oxygens (including phenoxy) is 3. The van der Waals surface area contributed by atoms with Gasteiger partial charge in [-0.1, -0.05) is 80.6 Å². The Balaban J connectivity index is 1.74. The number of ketones is 1. The number of amides is 3. The van der Waals surface area contributed by atoms with Crippen LogP contribution in [0.15, 0.2) is 72.8 Å². The molecule has 3 rings (SSSR count). The number of rotatable bonds is 18. The zero-order valence-electron chi connectivity index (χ0n) is 29.0. The molecule has 50 heavy (non-hydrogen) atoms. The minimum atomic E-state index is -1.11. The monoisotopic (exact) mass is 692 g/mol. The molecule has 3 amide bonds. The summed E-state index contributed by atoms with van der Waals surface area (Å²) in [6.07, 6.45) is 3.46. The maximum Gasteiger partial charge on any atom is 0.408 e. The zero-order valence-corrected chi connectivity index (χ0v) is 29.0. The van der Waals surface area contributed by atoms with Crippen molar-refractivity contribution < 1.29 is 43.0 Å². The van der Waals surface area contributed by atoms with Gasteiger partial charge >= 0.3 is 18.0 Å². The minimum absolute atomic E-state index is 0.0156. The van der Waals surface area contributed by atoms with Crippen LogP contribution in [0.25, 0.3) is 0 Å². The number of allylic oxidation sites excluding steroid dienone is 1. The normalized spacial score (nSPS) is 17.3. The first-order valence-electron chi connectivity index (χ1n) is 16.7. The molecule has 270 valence electrons. The fourth-order valence-electron chi connectivity index (χ4n) is 5.55. The van der Waals surface area contributed by atoms with E-state index in [0.717, 1.165) is 11.1 Å². The third-order valence-electron chi connectivity index (χ3n) is 8.16. The van der Waals surface area contributed by atoms with E-state index in [9.17, 15) is 28.8 Å². The van der Waals surface area contributed by atoms with Gasteiger partial charge in [0.15, 0.2) is 5.78 Å². The number of methoxy groups -OCH3 is 2. The number of benzene rings is 2. The largest absolute Gasteiger partial charge is 0.467 e. The minimum Gasteiger partial charge on any atom is -0.467 e. The molecule has 1 aliphatic rings. The molecule has 1 aliphatic heterocycles. The number of alkyl carbamates (subject to hydrolysis) is 1. The summed E-state index contributed by atoms with van der Waals surface area (Å²) in [4.78, 5) is 77.5. The van der Waals surface area contributed by atoms with Crippen molar-refractivity contribution in [2.75, 3.05) is 14.2 Å². The second-order valence-corrected chi connectivity index (χ2v) is 12.5. The quantitative estimate of drug-likeness (QED) is 0.103. The van der Waals surface area contributed by atoms with Crippen molar-refractivity contribution >= 4 is 35.6 Å².